The van der Waals surface area contributed by atoms with Crippen LogP contribution >= 0.6 is 0 Å². The van der Waals surface area contributed by atoms with Crippen LogP contribution in [0, 0.1) is 12.8 Å². The lowest BCUT2D eigenvalue weighted by Gasteiger charge is -2.45. The average Bonchev–Trinajstić information content (AvgIpc) is 3.30. The smallest absolute Gasteiger partial charge is 0.426 e. The average molecular weight is 567 g/mol. The van der Waals surface area contributed by atoms with Crippen LogP contribution in [0.5, 0.6) is 0 Å². The Morgan fingerprint density at radius 3 is 2.33 bits per heavy atom. The third kappa shape index (κ3) is 4.69. The molecular weight excluding hydrogens is 529 g/mol. The highest BCUT2D eigenvalue weighted by molar-refractivity contribution is 5.86. The van der Waals surface area contributed by atoms with Crippen molar-refractivity contribution in [3.63, 3.8) is 0 Å². The predicted molar refractivity (Wildman–Crippen MR) is 139 cm³/mol. The van der Waals surface area contributed by atoms with Gasteiger partial charge in [0.05, 0.1) is 5.92 Å². The van der Waals surface area contributed by atoms with Crippen molar-refractivity contribution in [3.8, 4) is 0 Å². The van der Waals surface area contributed by atoms with Crippen LogP contribution in [0.15, 0.2) is 42.5 Å². The zero-order chi connectivity index (χ0) is 31.6. The van der Waals surface area contributed by atoms with Gasteiger partial charge in [-0.15, -0.1) is 0 Å². The lowest BCUT2D eigenvalue weighted by Crippen LogP contribution is -2.55. The zero-order valence-electron chi connectivity index (χ0n) is 25.2. The normalized spacial score (nSPS) is 31.2. The number of nitrogens with zero attached hydrogens (tertiary/aromatic N) is 1. The Morgan fingerprint density at radius 1 is 1.05 bits per heavy atom. The number of aryl methyl sites for hydroxylation is 2. The molecule has 40 heavy (non-hydrogen) atoms. The van der Waals surface area contributed by atoms with Gasteiger partial charge < -0.3 is 10.0 Å². The van der Waals surface area contributed by atoms with E-state index in [0.29, 0.717) is 37.3 Å². The van der Waals surface area contributed by atoms with E-state index in [1.54, 1.807) is 12.1 Å². The molecule has 0 aromatic heterocycles. The molecule has 3 atom stereocenters. The number of hydrogen-bond donors (Lipinski definition) is 1. The van der Waals surface area contributed by atoms with Crippen molar-refractivity contribution in [3.05, 3.63) is 70.3 Å². The molecule has 1 N–H and O–H groups in total. The van der Waals surface area contributed by atoms with E-state index in [2.05, 4.69) is 0 Å². The van der Waals surface area contributed by atoms with Gasteiger partial charge in [-0.05, 0) is 87.4 Å². The Labute approximate surface area is 234 Å². The topological polar surface area (TPSA) is 57.6 Å². The summed E-state index contributed by atoms with van der Waals surface area (Å²) in [6.07, 6.45) is -4.19. The minimum Gasteiger partial charge on any atom is -0.481 e. The maximum Gasteiger partial charge on any atom is 0.426 e. The molecule has 1 amide bonds. The number of rotatable bonds is 5. The number of halogens is 5. The first-order chi connectivity index (χ1) is 19.9. The van der Waals surface area contributed by atoms with Crippen molar-refractivity contribution < 1.29 is 40.8 Å². The number of carboxylic acids is 1. The van der Waals surface area contributed by atoms with E-state index in [0.717, 1.165) is 11.6 Å². The van der Waals surface area contributed by atoms with E-state index in [4.69, 9.17) is 4.11 Å². The van der Waals surface area contributed by atoms with Crippen LogP contribution in [-0.4, -0.2) is 46.3 Å². The molecule has 3 aliphatic rings. The number of benzene rings is 2. The van der Waals surface area contributed by atoms with E-state index in [9.17, 15) is 32.3 Å². The van der Waals surface area contributed by atoms with Gasteiger partial charge in [0.25, 0.3) is 5.91 Å². The fourth-order valence-electron chi connectivity index (χ4n) is 7.05. The molecule has 2 fully saturated rings. The van der Waals surface area contributed by atoms with Crippen LogP contribution in [0.2, 0.25) is 0 Å². The fraction of sp³-hybridized carbons (Fsp3) is 0.548. The standard InChI is InChI=1S/C31H34F5NO3/c1-19-3-5-20(6-4-19)18-29-15-16-37(27(40)30(33)13-11-21(12-14-30)26(38)39)25(29)10-7-22-17-23(8-9-24(22)29)28(2,32)31(34,35)36/h3-6,8-9,17,21,25H,7,10-16,18H2,1-2H3,(H,38,39)/t21-,25?,28?,29?,30+/i1D3. The molecular formula is C31H34F5NO3. The van der Waals surface area contributed by atoms with Gasteiger partial charge in [-0.25, -0.2) is 8.78 Å². The van der Waals surface area contributed by atoms with Crippen molar-refractivity contribution in [1.29, 1.82) is 0 Å². The molecule has 216 valence electrons. The summed E-state index contributed by atoms with van der Waals surface area (Å²) in [6, 6.07) is 9.69. The Bertz CT molecular complexity index is 1400. The highest BCUT2D eigenvalue weighted by Crippen LogP contribution is 2.52. The van der Waals surface area contributed by atoms with Crippen molar-refractivity contribution in [2.75, 3.05) is 6.54 Å². The van der Waals surface area contributed by atoms with Gasteiger partial charge in [-0.3, -0.25) is 9.59 Å². The molecule has 1 heterocycles. The molecule has 1 aliphatic heterocycles. The Balaban J connectivity index is 1.53. The summed E-state index contributed by atoms with van der Waals surface area (Å²) in [5.41, 5.74) is -5.03. The number of fused-ring (bicyclic) bond motifs is 3. The number of aliphatic carboxylic acids is 1. The maximum atomic E-state index is 16.1. The highest BCUT2D eigenvalue weighted by Gasteiger charge is 2.57. The van der Waals surface area contributed by atoms with Crippen LogP contribution in [0.25, 0.3) is 0 Å². The molecule has 2 aliphatic carbocycles. The van der Waals surface area contributed by atoms with E-state index in [1.807, 2.05) is 0 Å². The molecule has 9 heteroatoms. The van der Waals surface area contributed by atoms with Crippen LogP contribution in [0.4, 0.5) is 22.0 Å². The number of carboxylic acid groups (broad SMARTS) is 1. The first-order valence-corrected chi connectivity index (χ1v) is 13.6. The number of carbonyl (C=O) groups excluding carboxylic acids is 1. The molecule has 1 saturated heterocycles. The Kier molecular flexibility index (Phi) is 6.10. The third-order valence-corrected chi connectivity index (χ3v) is 9.46. The SMILES string of the molecule is [2H]C([2H])([2H])c1ccc(CC23CCN(C(=O)[C@]4(F)CC[C@@H](C(=O)O)CC4)C2CCc2cc(C(C)(F)C(F)(F)F)ccc23)cc1. The van der Waals surface area contributed by atoms with Gasteiger partial charge in [0.15, 0.2) is 5.67 Å². The quantitative estimate of drug-likeness (QED) is 0.408. The largest absolute Gasteiger partial charge is 0.481 e. The Hall–Kier alpha value is -2.97. The molecule has 0 radical (unpaired) electrons. The molecule has 4 nitrogen and oxygen atoms in total. The zero-order valence-corrected chi connectivity index (χ0v) is 22.2. The van der Waals surface area contributed by atoms with E-state index in [-0.39, 0.29) is 44.2 Å². The molecule has 0 bridgehead atoms. The highest BCUT2D eigenvalue weighted by atomic mass is 19.4. The van der Waals surface area contributed by atoms with Crippen LogP contribution in [0.3, 0.4) is 0 Å². The number of alkyl halides is 5. The van der Waals surface area contributed by atoms with E-state index >= 15 is 4.39 Å². The second-order valence-electron chi connectivity index (χ2n) is 11.8. The fourth-order valence-corrected chi connectivity index (χ4v) is 7.05. The molecule has 3 unspecified atom stereocenters. The minimum absolute atomic E-state index is 0.0455. The maximum absolute atomic E-state index is 16.1. The van der Waals surface area contributed by atoms with Gasteiger partial charge in [0.2, 0.25) is 5.67 Å². The summed E-state index contributed by atoms with van der Waals surface area (Å²) >= 11 is 0. The van der Waals surface area contributed by atoms with Crippen molar-refractivity contribution in [1.82, 2.24) is 4.90 Å². The van der Waals surface area contributed by atoms with Crippen LogP contribution in [-0.2, 0) is 33.5 Å². The molecule has 1 saturated carbocycles. The first kappa shape index (κ1) is 24.8. The van der Waals surface area contributed by atoms with Gasteiger partial charge in [0.1, 0.15) is 0 Å². The van der Waals surface area contributed by atoms with E-state index in [1.165, 1.54) is 29.2 Å². The number of hydrogen-bond acceptors (Lipinski definition) is 2. The van der Waals surface area contributed by atoms with Crippen molar-refractivity contribution in [2.45, 2.75) is 94.1 Å². The summed E-state index contributed by atoms with van der Waals surface area (Å²) in [5.74, 6) is -2.42. The van der Waals surface area contributed by atoms with Gasteiger partial charge >= 0.3 is 12.1 Å². The molecule has 2 aromatic rings. The summed E-state index contributed by atoms with van der Waals surface area (Å²) in [6.45, 7) is -1.63. The second kappa shape index (κ2) is 9.84. The summed E-state index contributed by atoms with van der Waals surface area (Å²) in [5, 5.41) is 9.32. The summed E-state index contributed by atoms with van der Waals surface area (Å²) in [7, 11) is 0. The first-order valence-electron chi connectivity index (χ1n) is 15.1. The number of likely N-dealkylation sites (tertiary alicyclic amines) is 1. The number of carbonyl (C=O) groups is 2. The van der Waals surface area contributed by atoms with Crippen LogP contribution in [0.1, 0.15) is 77.4 Å². The summed E-state index contributed by atoms with van der Waals surface area (Å²) in [4.78, 5) is 26.7. The van der Waals surface area contributed by atoms with Crippen molar-refractivity contribution >= 4 is 11.9 Å². The lowest BCUT2D eigenvalue weighted by atomic mass is 9.63. The van der Waals surface area contributed by atoms with Crippen LogP contribution < -0.4 is 0 Å². The monoisotopic (exact) mass is 566 g/mol. The molecule has 2 aromatic carbocycles. The minimum atomic E-state index is -5.12. The van der Waals surface area contributed by atoms with Gasteiger partial charge in [-0.1, -0.05) is 48.0 Å². The Morgan fingerprint density at radius 2 is 1.73 bits per heavy atom. The van der Waals surface area contributed by atoms with Gasteiger partial charge in [0, 0.05) is 22.1 Å². The van der Waals surface area contributed by atoms with Gasteiger partial charge in [-0.2, -0.15) is 13.2 Å². The summed E-state index contributed by atoms with van der Waals surface area (Å²) < 4.78 is 94.7. The molecule has 0 spiro atoms. The van der Waals surface area contributed by atoms with Crippen molar-refractivity contribution in [2.24, 2.45) is 5.92 Å². The molecule has 5 rings (SSSR count). The lowest BCUT2D eigenvalue weighted by molar-refractivity contribution is -0.228. The predicted octanol–water partition coefficient (Wildman–Crippen LogP) is 6.75. The third-order valence-electron chi connectivity index (χ3n) is 9.46. The van der Waals surface area contributed by atoms with E-state index < -0.39 is 59.2 Å². The number of amides is 1. The second-order valence-corrected chi connectivity index (χ2v) is 11.8.